The molecule has 2 unspecified atom stereocenters. The van der Waals surface area contributed by atoms with Crippen molar-refractivity contribution >= 4 is 11.8 Å². The molecule has 1 aliphatic rings. The van der Waals surface area contributed by atoms with E-state index in [4.69, 9.17) is 0 Å². The molecule has 82 valence electrons. The molecule has 15 heavy (non-hydrogen) atoms. The highest BCUT2D eigenvalue weighted by Crippen LogP contribution is 2.29. The van der Waals surface area contributed by atoms with E-state index in [1.54, 1.807) is 0 Å². The van der Waals surface area contributed by atoms with Gasteiger partial charge in [0.1, 0.15) is 0 Å². The van der Waals surface area contributed by atoms with Gasteiger partial charge in [-0.3, -0.25) is 0 Å². The topological polar surface area (TPSA) is 12.0 Å². The Kier molecular flexibility index (Phi) is 3.71. The van der Waals surface area contributed by atoms with E-state index < -0.39 is 0 Å². The monoisotopic (exact) mass is 221 g/mol. The Labute approximate surface area is 96.7 Å². The van der Waals surface area contributed by atoms with Crippen LogP contribution in [-0.4, -0.2) is 17.5 Å². The molecule has 0 aliphatic carbocycles. The summed E-state index contributed by atoms with van der Waals surface area (Å²) in [6, 6.07) is 9.60. The lowest BCUT2D eigenvalue weighted by atomic mass is 10.0. The van der Waals surface area contributed by atoms with Crippen molar-refractivity contribution in [1.82, 2.24) is 5.32 Å². The second kappa shape index (κ2) is 5.04. The summed E-state index contributed by atoms with van der Waals surface area (Å²) < 4.78 is 0. The summed E-state index contributed by atoms with van der Waals surface area (Å²) in [5.41, 5.74) is 2.86. The van der Waals surface area contributed by atoms with Crippen LogP contribution in [0.2, 0.25) is 0 Å². The maximum Gasteiger partial charge on any atom is 0.0438 e. The van der Waals surface area contributed by atoms with Crippen molar-refractivity contribution < 1.29 is 0 Å². The van der Waals surface area contributed by atoms with E-state index in [0.717, 1.165) is 13.0 Å². The zero-order chi connectivity index (χ0) is 10.7. The van der Waals surface area contributed by atoms with Crippen LogP contribution in [0.4, 0.5) is 0 Å². The molecule has 0 amide bonds. The van der Waals surface area contributed by atoms with Crippen LogP contribution in [0.25, 0.3) is 0 Å². The standard InChI is InChI=1S/C13H19NS/c1-3-11-4-6-12(7-5-11)13-10(2)15-9-8-14-13/h4-7,10,13-14H,3,8-9H2,1-2H3. The molecule has 1 saturated heterocycles. The molecule has 2 atom stereocenters. The Hall–Kier alpha value is -0.470. The number of thioether (sulfide) groups is 1. The van der Waals surface area contributed by atoms with Crippen molar-refractivity contribution in [3.8, 4) is 0 Å². The molecule has 1 aliphatic heterocycles. The van der Waals surface area contributed by atoms with Gasteiger partial charge in [-0.2, -0.15) is 11.8 Å². The minimum absolute atomic E-state index is 0.537. The van der Waals surface area contributed by atoms with Gasteiger partial charge in [-0.05, 0) is 17.5 Å². The normalized spacial score (nSPS) is 26.5. The average molecular weight is 221 g/mol. The fourth-order valence-electron chi connectivity index (χ4n) is 2.07. The predicted octanol–water partition coefficient (Wildman–Crippen LogP) is 3.02. The summed E-state index contributed by atoms with van der Waals surface area (Å²) in [6.45, 7) is 5.65. The minimum Gasteiger partial charge on any atom is -0.308 e. The summed E-state index contributed by atoms with van der Waals surface area (Å²) in [7, 11) is 0. The van der Waals surface area contributed by atoms with Gasteiger partial charge in [-0.15, -0.1) is 0 Å². The van der Waals surface area contributed by atoms with Crippen molar-refractivity contribution in [3.05, 3.63) is 35.4 Å². The molecule has 0 spiro atoms. The second-order valence-corrected chi connectivity index (χ2v) is 5.59. The zero-order valence-corrected chi connectivity index (χ0v) is 10.3. The van der Waals surface area contributed by atoms with Crippen molar-refractivity contribution in [1.29, 1.82) is 0 Å². The number of hydrogen-bond acceptors (Lipinski definition) is 2. The quantitative estimate of drug-likeness (QED) is 0.824. The number of aryl methyl sites for hydroxylation is 1. The molecule has 2 heteroatoms. The van der Waals surface area contributed by atoms with Crippen LogP contribution in [0.5, 0.6) is 0 Å². The Bertz CT molecular complexity index is 307. The fourth-order valence-corrected chi connectivity index (χ4v) is 3.12. The third-order valence-corrected chi connectivity index (χ3v) is 4.30. The van der Waals surface area contributed by atoms with Crippen LogP contribution in [0.1, 0.15) is 31.0 Å². The molecule has 1 aromatic rings. The van der Waals surface area contributed by atoms with Crippen molar-refractivity contribution in [2.75, 3.05) is 12.3 Å². The maximum absolute atomic E-state index is 3.60. The highest BCUT2D eigenvalue weighted by molar-refractivity contribution is 8.00. The van der Waals surface area contributed by atoms with E-state index in [-0.39, 0.29) is 0 Å². The number of nitrogens with one attached hydrogen (secondary N) is 1. The first-order valence-electron chi connectivity index (χ1n) is 5.75. The highest BCUT2D eigenvalue weighted by Gasteiger charge is 2.22. The Morgan fingerprint density at radius 1 is 1.33 bits per heavy atom. The number of rotatable bonds is 2. The Morgan fingerprint density at radius 2 is 2.07 bits per heavy atom. The van der Waals surface area contributed by atoms with Crippen LogP contribution in [0.3, 0.4) is 0 Å². The Morgan fingerprint density at radius 3 is 2.67 bits per heavy atom. The van der Waals surface area contributed by atoms with Crippen LogP contribution in [0.15, 0.2) is 24.3 Å². The minimum atomic E-state index is 0.537. The third-order valence-electron chi connectivity index (χ3n) is 3.06. The molecule has 0 radical (unpaired) electrons. The van der Waals surface area contributed by atoms with Crippen molar-refractivity contribution in [3.63, 3.8) is 0 Å². The van der Waals surface area contributed by atoms with Crippen molar-refractivity contribution in [2.45, 2.75) is 31.6 Å². The molecule has 2 rings (SSSR count). The molecule has 0 aromatic heterocycles. The fraction of sp³-hybridized carbons (Fsp3) is 0.538. The van der Waals surface area contributed by atoms with E-state index in [2.05, 4.69) is 55.2 Å². The molecule has 1 fully saturated rings. The van der Waals surface area contributed by atoms with Gasteiger partial charge >= 0.3 is 0 Å². The molecule has 0 saturated carbocycles. The molecule has 1 N–H and O–H groups in total. The first-order valence-corrected chi connectivity index (χ1v) is 6.80. The van der Waals surface area contributed by atoms with Gasteiger partial charge in [0.05, 0.1) is 0 Å². The number of benzene rings is 1. The molecular weight excluding hydrogens is 202 g/mol. The van der Waals surface area contributed by atoms with Gasteiger partial charge in [0.25, 0.3) is 0 Å². The summed E-state index contributed by atoms with van der Waals surface area (Å²) >= 11 is 2.07. The highest BCUT2D eigenvalue weighted by atomic mass is 32.2. The van der Waals surface area contributed by atoms with E-state index in [1.165, 1.54) is 16.9 Å². The van der Waals surface area contributed by atoms with Crippen molar-refractivity contribution in [2.24, 2.45) is 0 Å². The summed E-state index contributed by atoms with van der Waals surface area (Å²) in [5.74, 6) is 1.24. The van der Waals surface area contributed by atoms with Gasteiger partial charge in [-0.25, -0.2) is 0 Å². The lowest BCUT2D eigenvalue weighted by Gasteiger charge is -2.30. The van der Waals surface area contributed by atoms with Crippen LogP contribution < -0.4 is 5.32 Å². The molecule has 0 bridgehead atoms. The largest absolute Gasteiger partial charge is 0.308 e. The van der Waals surface area contributed by atoms with Gasteiger partial charge < -0.3 is 5.32 Å². The first kappa shape index (κ1) is 11.0. The van der Waals surface area contributed by atoms with Gasteiger partial charge in [0.2, 0.25) is 0 Å². The van der Waals surface area contributed by atoms with Gasteiger partial charge in [-0.1, -0.05) is 38.1 Å². The van der Waals surface area contributed by atoms with E-state index in [0.29, 0.717) is 11.3 Å². The second-order valence-electron chi connectivity index (χ2n) is 4.10. The average Bonchev–Trinajstić information content (AvgIpc) is 2.30. The molecule has 1 aromatic carbocycles. The molecule has 1 nitrogen and oxygen atoms in total. The van der Waals surface area contributed by atoms with Gasteiger partial charge in [0, 0.05) is 23.6 Å². The smallest absolute Gasteiger partial charge is 0.0438 e. The van der Waals surface area contributed by atoms with E-state index in [9.17, 15) is 0 Å². The van der Waals surface area contributed by atoms with Crippen LogP contribution in [-0.2, 0) is 6.42 Å². The summed E-state index contributed by atoms with van der Waals surface area (Å²) in [4.78, 5) is 0. The lowest BCUT2D eigenvalue weighted by molar-refractivity contribution is 0.534. The lowest BCUT2D eigenvalue weighted by Crippen LogP contribution is -2.35. The molecule has 1 heterocycles. The SMILES string of the molecule is CCc1ccc(C2NCCSC2C)cc1. The Balaban J connectivity index is 2.13. The van der Waals surface area contributed by atoms with Crippen LogP contribution >= 0.6 is 11.8 Å². The summed E-state index contributed by atoms with van der Waals surface area (Å²) in [6.07, 6.45) is 1.13. The maximum atomic E-state index is 3.60. The molecular formula is C13H19NS. The van der Waals surface area contributed by atoms with E-state index >= 15 is 0 Å². The first-order chi connectivity index (χ1) is 7.31. The zero-order valence-electron chi connectivity index (χ0n) is 9.49. The number of hydrogen-bond donors (Lipinski definition) is 1. The van der Waals surface area contributed by atoms with E-state index in [1.807, 2.05) is 0 Å². The third kappa shape index (κ3) is 2.56. The van der Waals surface area contributed by atoms with Gasteiger partial charge in [0.15, 0.2) is 0 Å². The summed E-state index contributed by atoms with van der Waals surface area (Å²) in [5, 5.41) is 4.29. The van der Waals surface area contributed by atoms with Crippen LogP contribution in [0, 0.1) is 0 Å². The predicted molar refractivity (Wildman–Crippen MR) is 68.5 cm³/mol.